The normalized spacial score (nSPS) is 18.2. The van der Waals surface area contributed by atoms with Crippen LogP contribution in [0.5, 0.6) is 11.5 Å². The van der Waals surface area contributed by atoms with Crippen LogP contribution in [0, 0.1) is 5.92 Å². The van der Waals surface area contributed by atoms with E-state index < -0.39 is 0 Å². The highest BCUT2D eigenvalue weighted by molar-refractivity contribution is 6.18. The number of hydrogen-bond donors (Lipinski definition) is 1. The van der Waals surface area contributed by atoms with Crippen LogP contribution in [0.1, 0.15) is 29.3 Å². The Morgan fingerprint density at radius 1 is 1.53 bits per heavy atom. The Morgan fingerprint density at radius 3 is 2.94 bits per heavy atom. The number of rotatable bonds is 4. The molecule has 0 bridgehead atoms. The lowest BCUT2D eigenvalue weighted by Crippen LogP contribution is -2.09. The van der Waals surface area contributed by atoms with E-state index in [1.807, 2.05) is 6.92 Å². The maximum Gasteiger partial charge on any atom is 0.166 e. The van der Waals surface area contributed by atoms with Crippen LogP contribution in [-0.4, -0.2) is 23.4 Å². The molecular weight excluding hydrogens is 240 g/mol. The standard InChI is InChI=1S/C13H15ClO3/c1-2-17-12-6-9-5-8(3-4-14)13(16)10(9)7-11(12)15/h6-8,15H,2-5H2,1H3. The van der Waals surface area contributed by atoms with E-state index in [-0.39, 0.29) is 17.5 Å². The summed E-state index contributed by atoms with van der Waals surface area (Å²) < 4.78 is 5.30. The van der Waals surface area contributed by atoms with E-state index in [9.17, 15) is 9.90 Å². The number of halogens is 1. The molecule has 1 aromatic carbocycles. The Morgan fingerprint density at radius 2 is 2.29 bits per heavy atom. The summed E-state index contributed by atoms with van der Waals surface area (Å²) in [5, 5.41) is 9.74. The Kier molecular flexibility index (Phi) is 3.57. The van der Waals surface area contributed by atoms with Gasteiger partial charge in [-0.3, -0.25) is 4.79 Å². The second-order valence-electron chi connectivity index (χ2n) is 4.15. The predicted molar refractivity (Wildman–Crippen MR) is 66.1 cm³/mol. The van der Waals surface area contributed by atoms with Crippen LogP contribution in [0.4, 0.5) is 0 Å². The van der Waals surface area contributed by atoms with Crippen LogP contribution in [0.2, 0.25) is 0 Å². The topological polar surface area (TPSA) is 46.5 Å². The van der Waals surface area contributed by atoms with Crippen molar-refractivity contribution < 1.29 is 14.6 Å². The van der Waals surface area contributed by atoms with Gasteiger partial charge in [0.2, 0.25) is 0 Å². The molecule has 0 amide bonds. The molecule has 1 aliphatic rings. The number of phenols is 1. The number of benzene rings is 1. The van der Waals surface area contributed by atoms with Crippen molar-refractivity contribution in [3.8, 4) is 11.5 Å². The quantitative estimate of drug-likeness (QED) is 0.841. The molecule has 2 rings (SSSR count). The second kappa shape index (κ2) is 4.96. The van der Waals surface area contributed by atoms with Crippen molar-refractivity contribution in [1.29, 1.82) is 0 Å². The lowest BCUT2D eigenvalue weighted by atomic mass is 10.0. The number of ether oxygens (including phenoxy) is 1. The molecule has 1 N–H and O–H groups in total. The van der Waals surface area contributed by atoms with Crippen LogP contribution in [-0.2, 0) is 6.42 Å². The van der Waals surface area contributed by atoms with Crippen molar-refractivity contribution in [3.63, 3.8) is 0 Å². The molecule has 92 valence electrons. The lowest BCUT2D eigenvalue weighted by Gasteiger charge is -2.07. The third kappa shape index (κ3) is 2.25. The molecule has 0 radical (unpaired) electrons. The molecule has 1 atom stereocenters. The maximum absolute atomic E-state index is 12.0. The third-order valence-corrected chi connectivity index (χ3v) is 3.26. The van der Waals surface area contributed by atoms with Gasteiger partial charge in [-0.15, -0.1) is 11.6 Å². The zero-order valence-electron chi connectivity index (χ0n) is 9.70. The minimum atomic E-state index is -0.0428. The van der Waals surface area contributed by atoms with E-state index >= 15 is 0 Å². The van der Waals surface area contributed by atoms with Gasteiger partial charge in [-0.05, 0) is 37.5 Å². The van der Waals surface area contributed by atoms with E-state index in [0.717, 1.165) is 5.56 Å². The minimum absolute atomic E-state index is 0.0328. The highest BCUT2D eigenvalue weighted by atomic mass is 35.5. The molecule has 0 fully saturated rings. The van der Waals surface area contributed by atoms with Gasteiger partial charge in [-0.1, -0.05) is 0 Å². The molecule has 1 aromatic rings. The SMILES string of the molecule is CCOc1cc2c(cc1O)C(=O)C(CCCl)C2. The fraction of sp³-hybridized carbons (Fsp3) is 0.462. The van der Waals surface area contributed by atoms with Gasteiger partial charge in [0.15, 0.2) is 17.3 Å². The van der Waals surface area contributed by atoms with Crippen LogP contribution < -0.4 is 4.74 Å². The summed E-state index contributed by atoms with van der Waals surface area (Å²) in [6.07, 6.45) is 1.38. The van der Waals surface area contributed by atoms with Gasteiger partial charge in [0.25, 0.3) is 0 Å². The first-order valence-electron chi connectivity index (χ1n) is 5.76. The predicted octanol–water partition coefficient (Wildman–Crippen LogP) is 2.77. The summed E-state index contributed by atoms with van der Waals surface area (Å²) in [4.78, 5) is 12.0. The molecule has 17 heavy (non-hydrogen) atoms. The largest absolute Gasteiger partial charge is 0.504 e. The van der Waals surface area contributed by atoms with Crippen LogP contribution in [0.25, 0.3) is 0 Å². The molecule has 0 heterocycles. The summed E-state index contributed by atoms with van der Waals surface area (Å²) in [6, 6.07) is 3.27. The number of hydrogen-bond acceptors (Lipinski definition) is 3. The number of carbonyl (C=O) groups excluding carboxylic acids is 1. The molecule has 1 aliphatic carbocycles. The van der Waals surface area contributed by atoms with Crippen LogP contribution in [0.3, 0.4) is 0 Å². The van der Waals surface area contributed by atoms with Gasteiger partial charge in [0.05, 0.1) is 6.61 Å². The number of alkyl halides is 1. The summed E-state index contributed by atoms with van der Waals surface area (Å²) in [5.74, 6) is 1.00. The van der Waals surface area contributed by atoms with E-state index in [4.69, 9.17) is 16.3 Å². The van der Waals surface area contributed by atoms with Gasteiger partial charge in [-0.25, -0.2) is 0 Å². The smallest absolute Gasteiger partial charge is 0.166 e. The Hall–Kier alpha value is -1.22. The van der Waals surface area contributed by atoms with Gasteiger partial charge >= 0.3 is 0 Å². The van der Waals surface area contributed by atoms with Crippen molar-refractivity contribution >= 4 is 17.4 Å². The monoisotopic (exact) mass is 254 g/mol. The number of aromatic hydroxyl groups is 1. The highest BCUT2D eigenvalue weighted by Crippen LogP contribution is 2.37. The Bertz CT molecular complexity index is 443. The number of ketones is 1. The van der Waals surface area contributed by atoms with Gasteiger partial charge in [0, 0.05) is 17.4 Å². The molecule has 3 nitrogen and oxygen atoms in total. The second-order valence-corrected chi connectivity index (χ2v) is 4.53. The summed E-state index contributed by atoms with van der Waals surface area (Å²) in [5.41, 5.74) is 1.56. The number of phenolic OH excluding ortho intramolecular Hbond substituents is 1. The highest BCUT2D eigenvalue weighted by Gasteiger charge is 2.31. The molecule has 0 saturated carbocycles. The molecule has 4 heteroatoms. The average Bonchev–Trinajstić information content (AvgIpc) is 2.58. The zero-order chi connectivity index (χ0) is 12.4. The van der Waals surface area contributed by atoms with Crippen molar-refractivity contribution in [2.75, 3.05) is 12.5 Å². The first-order valence-corrected chi connectivity index (χ1v) is 6.29. The Balaban J connectivity index is 2.32. The summed E-state index contributed by atoms with van der Waals surface area (Å²) in [7, 11) is 0. The fourth-order valence-corrected chi connectivity index (χ4v) is 2.49. The molecule has 0 spiro atoms. The number of carbonyl (C=O) groups is 1. The van der Waals surface area contributed by atoms with E-state index in [1.54, 1.807) is 6.07 Å². The molecule has 0 saturated heterocycles. The number of fused-ring (bicyclic) bond motifs is 1. The van der Waals surface area contributed by atoms with Gasteiger partial charge < -0.3 is 9.84 Å². The van der Waals surface area contributed by atoms with Crippen LogP contribution in [0.15, 0.2) is 12.1 Å². The minimum Gasteiger partial charge on any atom is -0.504 e. The Labute approximate surface area is 105 Å². The molecule has 0 aliphatic heterocycles. The van der Waals surface area contributed by atoms with E-state index in [1.165, 1.54) is 6.07 Å². The van der Waals surface area contributed by atoms with E-state index in [2.05, 4.69) is 0 Å². The van der Waals surface area contributed by atoms with E-state index in [0.29, 0.717) is 36.6 Å². The first kappa shape index (κ1) is 12.2. The van der Waals surface area contributed by atoms with Gasteiger partial charge in [-0.2, -0.15) is 0 Å². The van der Waals surface area contributed by atoms with Crippen molar-refractivity contribution in [2.45, 2.75) is 19.8 Å². The number of Topliss-reactive ketones (excluding diaryl/α,β-unsaturated/α-hetero) is 1. The van der Waals surface area contributed by atoms with Crippen molar-refractivity contribution in [2.24, 2.45) is 5.92 Å². The summed E-state index contributed by atoms with van der Waals surface area (Å²) >= 11 is 5.68. The van der Waals surface area contributed by atoms with Crippen molar-refractivity contribution in [3.05, 3.63) is 23.3 Å². The third-order valence-electron chi connectivity index (χ3n) is 3.04. The molecular formula is C13H15ClO3. The first-order chi connectivity index (χ1) is 8.17. The summed E-state index contributed by atoms with van der Waals surface area (Å²) in [6.45, 7) is 2.35. The molecule has 0 aromatic heterocycles. The van der Waals surface area contributed by atoms with Gasteiger partial charge in [0.1, 0.15) is 0 Å². The fourth-order valence-electron chi connectivity index (χ4n) is 2.22. The van der Waals surface area contributed by atoms with Crippen molar-refractivity contribution in [1.82, 2.24) is 0 Å². The zero-order valence-corrected chi connectivity index (χ0v) is 10.5. The van der Waals surface area contributed by atoms with Crippen LogP contribution >= 0.6 is 11.6 Å². The maximum atomic E-state index is 12.0. The lowest BCUT2D eigenvalue weighted by molar-refractivity contribution is 0.0934. The molecule has 1 unspecified atom stereocenters. The average molecular weight is 255 g/mol.